The second-order valence-corrected chi connectivity index (χ2v) is 3.22. The van der Waals surface area contributed by atoms with Crippen LogP contribution in [0.1, 0.15) is 24.5 Å². The molecule has 63 valence electrons. The van der Waals surface area contributed by atoms with E-state index in [2.05, 4.69) is 22.4 Å². The van der Waals surface area contributed by atoms with Gasteiger partial charge in [-0.1, -0.05) is 6.07 Å². The normalized spacial score (nSPS) is 23.8. The lowest BCUT2D eigenvalue weighted by molar-refractivity contribution is 0.447. The molecular formula is C10H13N2. The van der Waals surface area contributed by atoms with Crippen LogP contribution in [0.4, 0.5) is 0 Å². The van der Waals surface area contributed by atoms with Crippen LogP contribution in [0, 0.1) is 0 Å². The van der Waals surface area contributed by atoms with E-state index in [1.54, 1.807) is 0 Å². The molecule has 0 spiro atoms. The van der Waals surface area contributed by atoms with E-state index in [0.29, 0.717) is 5.92 Å². The fourth-order valence-corrected chi connectivity index (χ4v) is 1.65. The molecule has 0 amide bonds. The highest BCUT2D eigenvalue weighted by atomic mass is 14.9. The predicted octanol–water partition coefficient (Wildman–Crippen LogP) is 1.56. The molecule has 1 unspecified atom stereocenters. The van der Waals surface area contributed by atoms with Crippen LogP contribution in [0.3, 0.4) is 0 Å². The minimum Gasteiger partial charge on any atom is -0.261 e. The van der Waals surface area contributed by atoms with E-state index in [4.69, 9.17) is 0 Å². The average Bonchev–Trinajstić information content (AvgIpc) is 2.21. The number of nitrogens with zero attached hydrogens (tertiary/aromatic N) is 2. The fourth-order valence-electron chi connectivity index (χ4n) is 1.65. The maximum atomic E-state index is 4.39. The standard InChI is InChI=1S/C10H13N2/c1-2-7-12-10(5-1)9-4-3-6-11-8-9/h1-2,5,7,9H,3-4,6,8H2. The monoisotopic (exact) mass is 161 g/mol. The Hall–Kier alpha value is -0.890. The summed E-state index contributed by atoms with van der Waals surface area (Å²) in [6.45, 7) is 2.01. The minimum atomic E-state index is 0.583. The van der Waals surface area contributed by atoms with Gasteiger partial charge >= 0.3 is 0 Å². The smallest absolute Gasteiger partial charge is 0.0447 e. The van der Waals surface area contributed by atoms with Crippen molar-refractivity contribution in [2.45, 2.75) is 18.8 Å². The van der Waals surface area contributed by atoms with Crippen LogP contribution >= 0.6 is 0 Å². The summed E-state index contributed by atoms with van der Waals surface area (Å²) < 4.78 is 0. The summed E-state index contributed by atoms with van der Waals surface area (Å²) in [5, 5.41) is 4.39. The van der Waals surface area contributed by atoms with E-state index in [9.17, 15) is 0 Å². The molecule has 1 aliphatic rings. The van der Waals surface area contributed by atoms with Gasteiger partial charge < -0.3 is 0 Å². The molecule has 2 heteroatoms. The van der Waals surface area contributed by atoms with Crippen LogP contribution in [-0.2, 0) is 0 Å². The molecule has 1 atom stereocenters. The van der Waals surface area contributed by atoms with Gasteiger partial charge in [-0.15, -0.1) is 0 Å². The molecule has 0 aromatic carbocycles. The van der Waals surface area contributed by atoms with Gasteiger partial charge in [-0.05, 0) is 25.0 Å². The molecule has 1 fully saturated rings. The van der Waals surface area contributed by atoms with Crippen LogP contribution in [0.25, 0.3) is 0 Å². The summed E-state index contributed by atoms with van der Waals surface area (Å²) in [6.07, 6.45) is 4.34. The van der Waals surface area contributed by atoms with E-state index in [1.807, 2.05) is 12.3 Å². The van der Waals surface area contributed by atoms with Gasteiger partial charge in [-0.2, -0.15) is 0 Å². The predicted molar refractivity (Wildman–Crippen MR) is 48.1 cm³/mol. The second kappa shape index (κ2) is 3.68. The number of aromatic nitrogens is 1. The first-order chi connectivity index (χ1) is 5.97. The molecule has 0 aliphatic carbocycles. The van der Waals surface area contributed by atoms with E-state index in [-0.39, 0.29) is 0 Å². The lowest BCUT2D eigenvalue weighted by Crippen LogP contribution is -2.23. The van der Waals surface area contributed by atoms with Gasteiger partial charge in [0.25, 0.3) is 0 Å². The Morgan fingerprint density at radius 2 is 2.33 bits per heavy atom. The molecule has 2 heterocycles. The summed E-state index contributed by atoms with van der Waals surface area (Å²) in [4.78, 5) is 4.34. The van der Waals surface area contributed by atoms with Gasteiger partial charge in [0.1, 0.15) is 0 Å². The third-order valence-corrected chi connectivity index (χ3v) is 2.32. The summed E-state index contributed by atoms with van der Waals surface area (Å²) >= 11 is 0. The van der Waals surface area contributed by atoms with E-state index < -0.39 is 0 Å². The molecule has 1 aliphatic heterocycles. The Bertz CT molecular complexity index is 227. The summed E-state index contributed by atoms with van der Waals surface area (Å²) in [6, 6.07) is 6.12. The van der Waals surface area contributed by atoms with Crippen molar-refractivity contribution in [2.75, 3.05) is 13.1 Å². The van der Waals surface area contributed by atoms with Gasteiger partial charge in [0.15, 0.2) is 0 Å². The number of hydrogen-bond acceptors (Lipinski definition) is 1. The first-order valence-corrected chi connectivity index (χ1v) is 4.51. The van der Waals surface area contributed by atoms with Gasteiger partial charge in [0, 0.05) is 30.9 Å². The van der Waals surface area contributed by atoms with Crippen molar-refractivity contribution >= 4 is 0 Å². The molecule has 1 aromatic heterocycles. The van der Waals surface area contributed by atoms with Crippen LogP contribution in [-0.4, -0.2) is 18.1 Å². The number of rotatable bonds is 1. The van der Waals surface area contributed by atoms with Crippen molar-refractivity contribution in [3.05, 3.63) is 30.1 Å². The highest BCUT2D eigenvalue weighted by Crippen LogP contribution is 2.20. The van der Waals surface area contributed by atoms with Crippen LogP contribution in [0.2, 0.25) is 0 Å². The molecule has 12 heavy (non-hydrogen) atoms. The van der Waals surface area contributed by atoms with Crippen molar-refractivity contribution in [1.29, 1.82) is 0 Å². The van der Waals surface area contributed by atoms with Crippen molar-refractivity contribution in [3.8, 4) is 0 Å². The zero-order valence-corrected chi connectivity index (χ0v) is 7.11. The third-order valence-electron chi connectivity index (χ3n) is 2.32. The van der Waals surface area contributed by atoms with Crippen molar-refractivity contribution in [1.82, 2.24) is 10.3 Å². The lowest BCUT2D eigenvalue weighted by Gasteiger charge is -2.20. The van der Waals surface area contributed by atoms with Gasteiger partial charge in [-0.25, -0.2) is 5.32 Å². The maximum Gasteiger partial charge on any atom is 0.0447 e. The first kappa shape index (κ1) is 7.74. The van der Waals surface area contributed by atoms with E-state index >= 15 is 0 Å². The summed E-state index contributed by atoms with van der Waals surface area (Å²) in [7, 11) is 0. The zero-order chi connectivity index (χ0) is 8.23. The Morgan fingerprint density at radius 1 is 1.33 bits per heavy atom. The molecule has 1 aromatic rings. The lowest BCUT2D eigenvalue weighted by atomic mass is 9.96. The number of pyridine rings is 1. The Kier molecular flexibility index (Phi) is 2.37. The average molecular weight is 161 g/mol. The van der Waals surface area contributed by atoms with Crippen molar-refractivity contribution in [3.63, 3.8) is 0 Å². The Balaban J connectivity index is 2.08. The number of piperidine rings is 1. The van der Waals surface area contributed by atoms with Crippen LogP contribution in [0.15, 0.2) is 24.4 Å². The molecule has 1 saturated heterocycles. The Morgan fingerprint density at radius 3 is 3.00 bits per heavy atom. The van der Waals surface area contributed by atoms with Crippen molar-refractivity contribution < 1.29 is 0 Å². The Labute approximate surface area is 73.0 Å². The fraction of sp³-hybridized carbons (Fsp3) is 0.500. The zero-order valence-electron chi connectivity index (χ0n) is 7.11. The van der Waals surface area contributed by atoms with Crippen molar-refractivity contribution in [2.24, 2.45) is 0 Å². The van der Waals surface area contributed by atoms with Gasteiger partial charge in [-0.3, -0.25) is 4.98 Å². The van der Waals surface area contributed by atoms with E-state index in [1.165, 1.54) is 18.5 Å². The highest BCUT2D eigenvalue weighted by Gasteiger charge is 2.15. The highest BCUT2D eigenvalue weighted by molar-refractivity contribution is 5.10. The number of hydrogen-bond donors (Lipinski definition) is 0. The first-order valence-electron chi connectivity index (χ1n) is 4.51. The molecule has 0 saturated carbocycles. The molecule has 2 rings (SSSR count). The quantitative estimate of drug-likeness (QED) is 0.614. The molecule has 0 N–H and O–H groups in total. The minimum absolute atomic E-state index is 0.583. The summed E-state index contributed by atoms with van der Waals surface area (Å²) in [5.74, 6) is 0.583. The second-order valence-electron chi connectivity index (χ2n) is 3.22. The molecule has 0 bridgehead atoms. The molecule has 1 radical (unpaired) electrons. The maximum absolute atomic E-state index is 4.39. The van der Waals surface area contributed by atoms with Gasteiger partial charge in [0.05, 0.1) is 0 Å². The van der Waals surface area contributed by atoms with E-state index in [0.717, 1.165) is 13.1 Å². The largest absolute Gasteiger partial charge is 0.261 e. The SMILES string of the molecule is c1ccc(C2CCC[N]C2)nc1. The topological polar surface area (TPSA) is 27.0 Å². The van der Waals surface area contributed by atoms with Gasteiger partial charge in [0.2, 0.25) is 0 Å². The molecular weight excluding hydrogens is 148 g/mol. The van der Waals surface area contributed by atoms with Crippen LogP contribution < -0.4 is 5.32 Å². The van der Waals surface area contributed by atoms with Crippen LogP contribution in [0.5, 0.6) is 0 Å². The molecule has 2 nitrogen and oxygen atoms in total. The third kappa shape index (κ3) is 1.64. The summed E-state index contributed by atoms with van der Waals surface area (Å²) in [5.41, 5.74) is 1.21.